The first-order valence-electron chi connectivity index (χ1n) is 11.5. The highest BCUT2D eigenvalue weighted by atomic mass is 35.5. The predicted molar refractivity (Wildman–Crippen MR) is 132 cm³/mol. The second kappa shape index (κ2) is 9.68. The van der Waals surface area contributed by atoms with Crippen molar-refractivity contribution in [2.24, 2.45) is 0 Å². The number of aromatic nitrogens is 4. The van der Waals surface area contributed by atoms with E-state index in [1.165, 1.54) is 12.1 Å². The SMILES string of the molecule is CC1CN(Cc2nc(Nc3ccc(C(F)(F)F)cc3)c3cnn(-c4ccccc4Cl)c3n2)CC(C)O1. The fraction of sp³-hybridized carbons (Fsp3) is 0.320. The summed E-state index contributed by atoms with van der Waals surface area (Å²) in [6.45, 7) is 5.99. The van der Waals surface area contributed by atoms with E-state index in [2.05, 4.69) is 15.3 Å². The van der Waals surface area contributed by atoms with Crippen molar-refractivity contribution in [1.82, 2.24) is 24.6 Å². The molecule has 0 spiro atoms. The molecule has 0 saturated carbocycles. The van der Waals surface area contributed by atoms with Crippen molar-refractivity contribution in [2.45, 2.75) is 38.8 Å². The number of anilines is 2. The van der Waals surface area contributed by atoms with Crippen LogP contribution in [0.5, 0.6) is 0 Å². The summed E-state index contributed by atoms with van der Waals surface area (Å²) in [7, 11) is 0. The molecule has 0 bridgehead atoms. The molecule has 5 rings (SSSR count). The third-order valence-electron chi connectivity index (χ3n) is 5.89. The molecule has 2 atom stereocenters. The minimum Gasteiger partial charge on any atom is -0.373 e. The van der Waals surface area contributed by atoms with Gasteiger partial charge in [0.25, 0.3) is 0 Å². The zero-order chi connectivity index (χ0) is 25.4. The summed E-state index contributed by atoms with van der Waals surface area (Å²) in [5.41, 5.74) is 0.946. The smallest absolute Gasteiger partial charge is 0.373 e. The van der Waals surface area contributed by atoms with Crippen LogP contribution in [-0.4, -0.2) is 49.9 Å². The fourth-order valence-corrected chi connectivity index (χ4v) is 4.63. The van der Waals surface area contributed by atoms with Gasteiger partial charge >= 0.3 is 6.18 Å². The van der Waals surface area contributed by atoms with E-state index in [4.69, 9.17) is 26.3 Å². The summed E-state index contributed by atoms with van der Waals surface area (Å²) >= 11 is 6.43. The van der Waals surface area contributed by atoms with Crippen LogP contribution >= 0.6 is 11.6 Å². The first kappa shape index (κ1) is 24.5. The van der Waals surface area contributed by atoms with Gasteiger partial charge in [-0.3, -0.25) is 4.90 Å². The van der Waals surface area contributed by atoms with Gasteiger partial charge in [0.15, 0.2) is 5.65 Å². The maximum atomic E-state index is 13.0. The molecule has 11 heteroatoms. The molecule has 2 aromatic carbocycles. The molecule has 1 N–H and O–H groups in total. The van der Waals surface area contributed by atoms with E-state index in [9.17, 15) is 13.2 Å². The average Bonchev–Trinajstić information content (AvgIpc) is 3.22. The largest absolute Gasteiger partial charge is 0.416 e. The number of ether oxygens (including phenoxy) is 1. The molecule has 188 valence electrons. The zero-order valence-electron chi connectivity index (χ0n) is 19.6. The minimum atomic E-state index is -4.41. The molecule has 0 amide bonds. The lowest BCUT2D eigenvalue weighted by molar-refractivity contribution is -0.137. The Kier molecular flexibility index (Phi) is 6.59. The van der Waals surface area contributed by atoms with Gasteiger partial charge in [0.2, 0.25) is 0 Å². The number of para-hydroxylation sites is 1. The standard InChI is InChI=1S/C25H24ClF3N6O/c1-15-12-34(13-16(2)36-15)14-22-32-23(31-18-9-7-17(8-10-18)25(27,28)29)19-11-30-35(24(19)33-22)21-6-4-3-5-20(21)26/h3-11,15-16H,12-14H2,1-2H3,(H,31,32,33). The maximum absolute atomic E-state index is 13.0. The molecular formula is C25H24ClF3N6O. The van der Waals surface area contributed by atoms with Crippen molar-refractivity contribution in [3.63, 3.8) is 0 Å². The van der Waals surface area contributed by atoms with Crippen LogP contribution in [0.15, 0.2) is 54.7 Å². The number of morpholine rings is 1. The highest BCUT2D eigenvalue weighted by Gasteiger charge is 2.30. The van der Waals surface area contributed by atoms with Crippen molar-refractivity contribution in [3.05, 3.63) is 71.1 Å². The van der Waals surface area contributed by atoms with Gasteiger partial charge in [0.1, 0.15) is 11.6 Å². The molecule has 1 aliphatic heterocycles. The van der Waals surface area contributed by atoms with E-state index in [0.29, 0.717) is 45.6 Å². The van der Waals surface area contributed by atoms with Crippen LogP contribution in [0.25, 0.3) is 16.7 Å². The molecule has 1 fully saturated rings. The molecule has 2 aromatic heterocycles. The maximum Gasteiger partial charge on any atom is 0.416 e. The summed E-state index contributed by atoms with van der Waals surface area (Å²) in [6, 6.07) is 12.1. The topological polar surface area (TPSA) is 68.1 Å². The Morgan fingerprint density at radius 2 is 1.72 bits per heavy atom. The molecule has 0 radical (unpaired) electrons. The van der Waals surface area contributed by atoms with Gasteiger partial charge in [-0.2, -0.15) is 18.3 Å². The highest BCUT2D eigenvalue weighted by molar-refractivity contribution is 6.32. The number of benzene rings is 2. The molecule has 36 heavy (non-hydrogen) atoms. The van der Waals surface area contributed by atoms with Crippen LogP contribution < -0.4 is 5.32 Å². The van der Waals surface area contributed by atoms with Crippen molar-refractivity contribution < 1.29 is 17.9 Å². The molecule has 7 nitrogen and oxygen atoms in total. The van der Waals surface area contributed by atoms with Gasteiger partial charge in [0.05, 0.1) is 46.6 Å². The first-order valence-corrected chi connectivity index (χ1v) is 11.9. The Morgan fingerprint density at radius 3 is 2.39 bits per heavy atom. The summed E-state index contributed by atoms with van der Waals surface area (Å²) < 4.78 is 46.5. The number of alkyl halides is 3. The molecule has 2 unspecified atom stereocenters. The summed E-state index contributed by atoms with van der Waals surface area (Å²) in [4.78, 5) is 11.8. The third kappa shape index (κ3) is 5.16. The van der Waals surface area contributed by atoms with Gasteiger partial charge < -0.3 is 10.1 Å². The van der Waals surface area contributed by atoms with Gasteiger partial charge in [-0.25, -0.2) is 14.6 Å². The van der Waals surface area contributed by atoms with E-state index in [0.717, 1.165) is 25.2 Å². The normalized spacial score (nSPS) is 19.1. The number of hydrogen-bond acceptors (Lipinski definition) is 6. The van der Waals surface area contributed by atoms with Gasteiger partial charge in [0, 0.05) is 18.8 Å². The Morgan fingerprint density at radius 1 is 1.03 bits per heavy atom. The van der Waals surface area contributed by atoms with E-state index in [1.54, 1.807) is 16.9 Å². The molecule has 3 heterocycles. The number of fused-ring (bicyclic) bond motifs is 1. The number of nitrogens with zero attached hydrogens (tertiary/aromatic N) is 5. The number of nitrogens with one attached hydrogen (secondary N) is 1. The Bertz CT molecular complexity index is 1360. The van der Waals surface area contributed by atoms with Crippen LogP contribution in [0.1, 0.15) is 25.2 Å². The summed E-state index contributed by atoms with van der Waals surface area (Å²) in [5.74, 6) is 0.995. The van der Waals surface area contributed by atoms with E-state index >= 15 is 0 Å². The average molecular weight is 517 g/mol. The van der Waals surface area contributed by atoms with E-state index in [-0.39, 0.29) is 12.2 Å². The molecule has 1 aliphatic rings. The van der Waals surface area contributed by atoms with Crippen molar-refractivity contribution in [1.29, 1.82) is 0 Å². The second-order valence-electron chi connectivity index (χ2n) is 8.89. The van der Waals surface area contributed by atoms with E-state index in [1.807, 2.05) is 32.0 Å². The first-order chi connectivity index (χ1) is 17.2. The van der Waals surface area contributed by atoms with Crippen LogP contribution in [0.3, 0.4) is 0 Å². The molecule has 1 saturated heterocycles. The Balaban J connectivity index is 1.55. The lowest BCUT2D eigenvalue weighted by Gasteiger charge is -2.34. The lowest BCUT2D eigenvalue weighted by atomic mass is 10.2. The lowest BCUT2D eigenvalue weighted by Crippen LogP contribution is -2.45. The van der Waals surface area contributed by atoms with Crippen LogP contribution in [0.2, 0.25) is 5.02 Å². The fourth-order valence-electron chi connectivity index (χ4n) is 4.41. The highest BCUT2D eigenvalue weighted by Crippen LogP contribution is 2.32. The number of halogens is 4. The van der Waals surface area contributed by atoms with E-state index < -0.39 is 11.7 Å². The molecule has 0 aliphatic carbocycles. The van der Waals surface area contributed by atoms with Crippen molar-refractivity contribution >= 4 is 34.1 Å². The van der Waals surface area contributed by atoms with Gasteiger partial charge in [-0.1, -0.05) is 23.7 Å². The van der Waals surface area contributed by atoms with Gasteiger partial charge in [-0.15, -0.1) is 0 Å². The second-order valence-corrected chi connectivity index (χ2v) is 9.29. The minimum absolute atomic E-state index is 0.0795. The third-order valence-corrected chi connectivity index (χ3v) is 6.21. The van der Waals surface area contributed by atoms with Crippen LogP contribution in [-0.2, 0) is 17.5 Å². The monoisotopic (exact) mass is 516 g/mol. The van der Waals surface area contributed by atoms with Crippen molar-refractivity contribution in [2.75, 3.05) is 18.4 Å². The van der Waals surface area contributed by atoms with Crippen LogP contribution in [0.4, 0.5) is 24.7 Å². The van der Waals surface area contributed by atoms with Crippen molar-refractivity contribution in [3.8, 4) is 5.69 Å². The molecular weight excluding hydrogens is 493 g/mol. The summed E-state index contributed by atoms with van der Waals surface area (Å²) in [5, 5.41) is 8.77. The Hall–Kier alpha value is -3.21. The predicted octanol–water partition coefficient (Wildman–Crippen LogP) is 5.84. The number of hydrogen-bond donors (Lipinski definition) is 1. The quantitative estimate of drug-likeness (QED) is 0.359. The summed E-state index contributed by atoms with van der Waals surface area (Å²) in [6.07, 6.45) is -2.63. The van der Waals surface area contributed by atoms with Crippen LogP contribution in [0, 0.1) is 0 Å². The Labute approximate surface area is 210 Å². The molecule has 4 aromatic rings. The zero-order valence-corrected chi connectivity index (χ0v) is 20.4. The van der Waals surface area contributed by atoms with Gasteiger partial charge in [-0.05, 0) is 50.2 Å². The number of rotatable bonds is 5.